The first-order valence-electron chi connectivity index (χ1n) is 9.01. The summed E-state index contributed by atoms with van der Waals surface area (Å²) in [6.07, 6.45) is 0.724. The molecular formula is C19H23N5O3. The molecule has 1 aliphatic heterocycles. The number of hydrogen-bond donors (Lipinski definition) is 1. The molecule has 2 heterocycles. The van der Waals surface area contributed by atoms with Gasteiger partial charge in [-0.15, -0.1) is 0 Å². The van der Waals surface area contributed by atoms with Crippen LogP contribution in [0.4, 0.5) is 11.5 Å². The largest absolute Gasteiger partial charge is 0.383 e. The predicted molar refractivity (Wildman–Crippen MR) is 103 cm³/mol. The van der Waals surface area contributed by atoms with Crippen molar-refractivity contribution < 1.29 is 4.74 Å². The van der Waals surface area contributed by atoms with E-state index in [9.17, 15) is 9.59 Å². The van der Waals surface area contributed by atoms with Crippen molar-refractivity contribution >= 4 is 11.5 Å². The van der Waals surface area contributed by atoms with Gasteiger partial charge in [-0.3, -0.25) is 13.9 Å². The smallest absolute Gasteiger partial charge is 0.332 e. The van der Waals surface area contributed by atoms with Crippen molar-refractivity contribution in [1.29, 1.82) is 5.26 Å². The topological polar surface area (TPSA) is 106 Å². The fourth-order valence-electron chi connectivity index (χ4n) is 3.23. The van der Waals surface area contributed by atoms with Crippen LogP contribution >= 0.6 is 0 Å². The van der Waals surface area contributed by atoms with Gasteiger partial charge < -0.3 is 15.4 Å². The molecule has 3 rings (SSSR count). The van der Waals surface area contributed by atoms with Gasteiger partial charge in [-0.2, -0.15) is 5.26 Å². The lowest BCUT2D eigenvalue weighted by atomic mass is 10.1. The average Bonchev–Trinajstić information content (AvgIpc) is 2.70. The number of ether oxygens (including phenoxy) is 1. The lowest BCUT2D eigenvalue weighted by Crippen LogP contribution is -2.47. The minimum Gasteiger partial charge on any atom is -0.383 e. The molecule has 1 saturated heterocycles. The summed E-state index contributed by atoms with van der Waals surface area (Å²) in [6.45, 7) is 4.67. The molecule has 1 fully saturated rings. The minimum absolute atomic E-state index is 0.130. The molecule has 0 bridgehead atoms. The van der Waals surface area contributed by atoms with Gasteiger partial charge in [-0.25, -0.2) is 4.79 Å². The number of benzene rings is 1. The Morgan fingerprint density at radius 2 is 1.81 bits per heavy atom. The number of nitriles is 1. The Balaban J connectivity index is 2.11. The summed E-state index contributed by atoms with van der Waals surface area (Å²) in [4.78, 5) is 27.9. The van der Waals surface area contributed by atoms with Crippen LogP contribution < -0.4 is 21.9 Å². The Labute approximate surface area is 157 Å². The van der Waals surface area contributed by atoms with Gasteiger partial charge in [0.05, 0.1) is 31.4 Å². The van der Waals surface area contributed by atoms with E-state index in [1.165, 1.54) is 9.13 Å². The van der Waals surface area contributed by atoms with Crippen LogP contribution in [0, 0.1) is 11.3 Å². The molecule has 8 heteroatoms. The van der Waals surface area contributed by atoms with Crippen molar-refractivity contribution in [1.82, 2.24) is 9.13 Å². The summed E-state index contributed by atoms with van der Waals surface area (Å²) in [6, 6.07) is 8.90. The highest BCUT2D eigenvalue weighted by Gasteiger charge is 2.23. The molecule has 1 aliphatic rings. The highest BCUT2D eigenvalue weighted by atomic mass is 16.5. The Morgan fingerprint density at radius 3 is 2.41 bits per heavy atom. The quantitative estimate of drug-likeness (QED) is 0.834. The van der Waals surface area contributed by atoms with Gasteiger partial charge >= 0.3 is 5.69 Å². The molecule has 0 unspecified atom stereocenters. The van der Waals surface area contributed by atoms with E-state index in [1.54, 1.807) is 24.3 Å². The SMILES string of the molecule is CCCn1c(N)c(N2CCOCC2)c(=O)n(Cc2ccc(C#N)cc2)c1=O. The molecule has 2 aromatic rings. The number of nitrogens with zero attached hydrogens (tertiary/aromatic N) is 4. The zero-order chi connectivity index (χ0) is 19.4. The highest BCUT2D eigenvalue weighted by molar-refractivity contribution is 5.63. The van der Waals surface area contributed by atoms with Crippen LogP contribution in [0.1, 0.15) is 24.5 Å². The summed E-state index contributed by atoms with van der Waals surface area (Å²) >= 11 is 0. The van der Waals surface area contributed by atoms with E-state index < -0.39 is 11.2 Å². The number of nitrogen functional groups attached to an aromatic ring is 1. The molecule has 2 N–H and O–H groups in total. The van der Waals surface area contributed by atoms with Gasteiger partial charge in [0.25, 0.3) is 5.56 Å². The zero-order valence-corrected chi connectivity index (χ0v) is 15.4. The first-order chi connectivity index (χ1) is 13.1. The average molecular weight is 369 g/mol. The highest BCUT2D eigenvalue weighted by Crippen LogP contribution is 2.19. The molecule has 27 heavy (non-hydrogen) atoms. The number of nitrogens with two attached hydrogens (primary N) is 1. The summed E-state index contributed by atoms with van der Waals surface area (Å²) in [7, 11) is 0. The Kier molecular flexibility index (Phi) is 5.62. The number of anilines is 2. The van der Waals surface area contributed by atoms with Crippen molar-refractivity contribution in [2.45, 2.75) is 26.4 Å². The first-order valence-corrected chi connectivity index (χ1v) is 9.01. The summed E-state index contributed by atoms with van der Waals surface area (Å²) in [5.41, 5.74) is 7.09. The van der Waals surface area contributed by atoms with E-state index in [1.807, 2.05) is 11.8 Å². The number of hydrogen-bond acceptors (Lipinski definition) is 6. The van der Waals surface area contributed by atoms with Crippen molar-refractivity contribution in [2.75, 3.05) is 36.9 Å². The number of aromatic nitrogens is 2. The summed E-state index contributed by atoms with van der Waals surface area (Å²) in [5, 5.41) is 8.92. The molecule has 0 atom stereocenters. The van der Waals surface area contributed by atoms with Crippen molar-refractivity contribution in [3.8, 4) is 6.07 Å². The monoisotopic (exact) mass is 369 g/mol. The van der Waals surface area contributed by atoms with Crippen LogP contribution in [0.5, 0.6) is 0 Å². The van der Waals surface area contributed by atoms with Crippen molar-refractivity contribution in [3.05, 3.63) is 56.2 Å². The third-order valence-electron chi connectivity index (χ3n) is 4.64. The lowest BCUT2D eigenvalue weighted by molar-refractivity contribution is 0.122. The van der Waals surface area contributed by atoms with Gasteiger partial charge in [-0.1, -0.05) is 19.1 Å². The minimum atomic E-state index is -0.416. The molecule has 8 nitrogen and oxygen atoms in total. The van der Waals surface area contributed by atoms with Gasteiger partial charge in [-0.05, 0) is 24.1 Å². The van der Waals surface area contributed by atoms with Gasteiger partial charge in [0.2, 0.25) is 0 Å². The van der Waals surface area contributed by atoms with Crippen LogP contribution in [0.25, 0.3) is 0 Å². The van der Waals surface area contributed by atoms with Crippen molar-refractivity contribution in [2.24, 2.45) is 0 Å². The second kappa shape index (κ2) is 8.10. The van der Waals surface area contributed by atoms with E-state index >= 15 is 0 Å². The second-order valence-corrected chi connectivity index (χ2v) is 6.47. The standard InChI is InChI=1S/C19H23N5O3/c1-2-7-23-17(21)16(22-8-10-27-11-9-22)18(25)24(19(23)26)13-15-5-3-14(12-20)4-6-15/h3-6H,2,7-11,13,21H2,1H3. The third-order valence-corrected chi connectivity index (χ3v) is 4.64. The van der Waals surface area contributed by atoms with E-state index in [0.717, 1.165) is 12.0 Å². The van der Waals surface area contributed by atoms with Crippen LogP contribution in [-0.2, 0) is 17.8 Å². The van der Waals surface area contributed by atoms with E-state index in [2.05, 4.69) is 6.07 Å². The molecule has 1 aromatic carbocycles. The summed E-state index contributed by atoms with van der Waals surface area (Å²) in [5.74, 6) is 0.213. The predicted octanol–water partition coefficient (Wildman–Crippen LogP) is 0.759. The maximum absolute atomic E-state index is 13.1. The Bertz CT molecular complexity index is 963. The normalized spacial score (nSPS) is 14.1. The molecule has 1 aromatic heterocycles. The van der Waals surface area contributed by atoms with Crippen LogP contribution in [0.3, 0.4) is 0 Å². The van der Waals surface area contributed by atoms with E-state index in [4.69, 9.17) is 15.7 Å². The molecule has 0 aliphatic carbocycles. The van der Waals surface area contributed by atoms with Gasteiger partial charge in [0.15, 0.2) is 0 Å². The molecule has 0 amide bonds. The maximum atomic E-state index is 13.1. The second-order valence-electron chi connectivity index (χ2n) is 6.47. The lowest BCUT2D eigenvalue weighted by Gasteiger charge is -2.30. The zero-order valence-electron chi connectivity index (χ0n) is 15.4. The molecular weight excluding hydrogens is 346 g/mol. The molecule has 0 saturated carbocycles. The van der Waals surface area contributed by atoms with Gasteiger partial charge in [0.1, 0.15) is 11.5 Å². The fraction of sp³-hybridized carbons (Fsp3) is 0.421. The van der Waals surface area contributed by atoms with E-state index in [0.29, 0.717) is 44.1 Å². The van der Waals surface area contributed by atoms with Crippen LogP contribution in [0.15, 0.2) is 33.9 Å². The summed E-state index contributed by atoms with van der Waals surface area (Å²) < 4.78 is 8.05. The molecule has 142 valence electrons. The van der Waals surface area contributed by atoms with E-state index in [-0.39, 0.29) is 12.4 Å². The van der Waals surface area contributed by atoms with Crippen LogP contribution in [-0.4, -0.2) is 35.4 Å². The third kappa shape index (κ3) is 3.73. The number of rotatable bonds is 5. The molecule has 0 radical (unpaired) electrons. The fourth-order valence-corrected chi connectivity index (χ4v) is 3.23. The number of morpholine rings is 1. The maximum Gasteiger partial charge on any atom is 0.332 e. The Hall–Kier alpha value is -3.05. The molecule has 0 spiro atoms. The first kappa shape index (κ1) is 18.7. The van der Waals surface area contributed by atoms with Gasteiger partial charge in [0, 0.05) is 19.6 Å². The Morgan fingerprint density at radius 1 is 1.15 bits per heavy atom. The van der Waals surface area contributed by atoms with Crippen molar-refractivity contribution in [3.63, 3.8) is 0 Å². The van der Waals surface area contributed by atoms with Crippen LogP contribution in [0.2, 0.25) is 0 Å².